The largest absolute Gasteiger partial charge is 0.382 e. The highest BCUT2D eigenvalue weighted by Crippen LogP contribution is 2.37. The minimum absolute atomic E-state index is 0.138. The predicted molar refractivity (Wildman–Crippen MR) is 64.0 cm³/mol. The summed E-state index contributed by atoms with van der Waals surface area (Å²) in [6, 6.07) is 1.99. The molecule has 1 aliphatic carbocycles. The number of nitrogens with zero attached hydrogens (tertiary/aromatic N) is 1. The van der Waals surface area contributed by atoms with Crippen LogP contribution in [0.1, 0.15) is 19.3 Å². The van der Waals surface area contributed by atoms with Gasteiger partial charge in [0.15, 0.2) is 0 Å². The molecule has 0 bridgehead atoms. The highest BCUT2D eigenvalue weighted by atomic mass is 79.9. The molecule has 2 rings (SSSR count). The molecule has 0 unspecified atom stereocenters. The highest BCUT2D eigenvalue weighted by molar-refractivity contribution is 9.10. The van der Waals surface area contributed by atoms with Crippen LogP contribution in [0.5, 0.6) is 0 Å². The summed E-state index contributed by atoms with van der Waals surface area (Å²) in [6.45, 7) is 0.766. The van der Waals surface area contributed by atoms with Crippen LogP contribution >= 0.6 is 15.9 Å². The first kappa shape index (κ1) is 10.9. The average Bonchev–Trinajstić information content (AvgIpc) is 2.18. The van der Waals surface area contributed by atoms with Gasteiger partial charge in [0.1, 0.15) is 0 Å². The Morgan fingerprint density at radius 1 is 1.60 bits per heavy atom. The summed E-state index contributed by atoms with van der Waals surface area (Å²) < 4.78 is 6.27. The Morgan fingerprint density at radius 2 is 2.40 bits per heavy atom. The Morgan fingerprint density at radius 3 is 2.93 bits per heavy atom. The molecular weight excluding hydrogens is 256 g/mol. The second-order valence-electron chi connectivity index (χ2n) is 4.05. The lowest BCUT2D eigenvalue weighted by Gasteiger charge is -2.43. The third-order valence-corrected chi connectivity index (χ3v) is 3.54. The van der Waals surface area contributed by atoms with Crippen molar-refractivity contribution in [3.63, 3.8) is 0 Å². The van der Waals surface area contributed by atoms with E-state index >= 15 is 0 Å². The van der Waals surface area contributed by atoms with E-state index in [0.29, 0.717) is 0 Å². The van der Waals surface area contributed by atoms with Gasteiger partial charge in [0.05, 0.1) is 22.3 Å². The molecule has 0 aliphatic heterocycles. The van der Waals surface area contributed by atoms with Gasteiger partial charge in [-0.3, -0.25) is 4.98 Å². The second-order valence-corrected chi connectivity index (χ2v) is 4.90. The molecule has 0 saturated heterocycles. The first-order valence-corrected chi connectivity index (χ1v) is 5.92. The number of hydrogen-bond acceptors (Lipinski definition) is 3. The maximum absolute atomic E-state index is 5.27. The molecule has 3 nitrogen and oxygen atoms in total. The number of pyridine rings is 1. The summed E-state index contributed by atoms with van der Waals surface area (Å²) in [4.78, 5) is 4.05. The summed E-state index contributed by atoms with van der Waals surface area (Å²) >= 11 is 3.49. The molecule has 0 atom stereocenters. The number of aromatic nitrogens is 1. The molecule has 1 aromatic rings. The van der Waals surface area contributed by atoms with E-state index in [1.165, 1.54) is 19.3 Å². The molecule has 1 heterocycles. The molecule has 1 fully saturated rings. The average molecular weight is 271 g/mol. The summed E-state index contributed by atoms with van der Waals surface area (Å²) in [5.41, 5.74) is 1.24. The lowest BCUT2D eigenvalue weighted by molar-refractivity contribution is 0.0983. The van der Waals surface area contributed by atoms with E-state index in [4.69, 9.17) is 4.74 Å². The summed E-state index contributed by atoms with van der Waals surface area (Å²) in [5, 5.41) is 3.55. The number of ether oxygens (including phenoxy) is 1. The molecule has 4 heteroatoms. The van der Waals surface area contributed by atoms with Crippen molar-refractivity contribution in [2.75, 3.05) is 19.0 Å². The smallest absolute Gasteiger partial charge is 0.0692 e. The summed E-state index contributed by atoms with van der Waals surface area (Å²) in [7, 11) is 1.75. The molecule has 1 aliphatic rings. The number of hydrogen-bond donors (Lipinski definition) is 1. The fourth-order valence-corrected chi connectivity index (χ4v) is 2.30. The van der Waals surface area contributed by atoms with Crippen LogP contribution in [-0.2, 0) is 4.74 Å². The van der Waals surface area contributed by atoms with Crippen molar-refractivity contribution < 1.29 is 4.74 Å². The van der Waals surface area contributed by atoms with Gasteiger partial charge in [-0.2, -0.15) is 0 Å². The van der Waals surface area contributed by atoms with Crippen molar-refractivity contribution in [1.82, 2.24) is 4.98 Å². The third-order valence-electron chi connectivity index (χ3n) is 2.90. The molecule has 1 N–H and O–H groups in total. The Labute approximate surface area is 98.4 Å². The van der Waals surface area contributed by atoms with E-state index in [0.717, 1.165) is 16.8 Å². The van der Waals surface area contributed by atoms with E-state index in [2.05, 4.69) is 26.2 Å². The fourth-order valence-electron chi connectivity index (χ4n) is 1.95. The maximum Gasteiger partial charge on any atom is 0.0692 e. The number of halogens is 1. The zero-order valence-electron chi connectivity index (χ0n) is 8.79. The lowest BCUT2D eigenvalue weighted by Crippen LogP contribution is -2.48. The van der Waals surface area contributed by atoms with Gasteiger partial charge in [0.25, 0.3) is 0 Å². The van der Waals surface area contributed by atoms with Crippen LogP contribution in [0, 0.1) is 0 Å². The Kier molecular flexibility index (Phi) is 3.26. The quantitative estimate of drug-likeness (QED) is 0.914. The summed E-state index contributed by atoms with van der Waals surface area (Å²) in [6.07, 6.45) is 7.23. The van der Waals surface area contributed by atoms with Crippen LogP contribution < -0.4 is 5.32 Å². The zero-order chi connectivity index (χ0) is 10.7. The SMILES string of the molecule is COCC1(Nc2ccncc2Br)CCC1. The van der Waals surface area contributed by atoms with Crippen LogP contribution in [-0.4, -0.2) is 24.2 Å². The predicted octanol–water partition coefficient (Wildman–Crippen LogP) is 2.83. The van der Waals surface area contributed by atoms with Crippen molar-refractivity contribution in [1.29, 1.82) is 0 Å². The van der Waals surface area contributed by atoms with Crippen LogP contribution in [0.2, 0.25) is 0 Å². The van der Waals surface area contributed by atoms with Gasteiger partial charge in [0, 0.05) is 19.5 Å². The minimum Gasteiger partial charge on any atom is -0.382 e. The topological polar surface area (TPSA) is 34.1 Å². The fraction of sp³-hybridized carbons (Fsp3) is 0.545. The van der Waals surface area contributed by atoms with Crippen LogP contribution in [0.15, 0.2) is 22.9 Å². The van der Waals surface area contributed by atoms with E-state index in [1.807, 2.05) is 12.3 Å². The van der Waals surface area contributed by atoms with Gasteiger partial charge < -0.3 is 10.1 Å². The zero-order valence-corrected chi connectivity index (χ0v) is 10.4. The molecule has 82 valence electrons. The first-order valence-electron chi connectivity index (χ1n) is 5.12. The Hall–Kier alpha value is -0.610. The molecule has 1 saturated carbocycles. The van der Waals surface area contributed by atoms with Gasteiger partial charge >= 0.3 is 0 Å². The maximum atomic E-state index is 5.27. The number of methoxy groups -OCH3 is 1. The van der Waals surface area contributed by atoms with Crippen LogP contribution in [0.4, 0.5) is 5.69 Å². The number of anilines is 1. The van der Waals surface area contributed by atoms with Crippen LogP contribution in [0.25, 0.3) is 0 Å². The molecular formula is C11H15BrN2O. The second kappa shape index (κ2) is 4.49. The van der Waals surface area contributed by atoms with Gasteiger partial charge in [-0.25, -0.2) is 0 Å². The monoisotopic (exact) mass is 270 g/mol. The van der Waals surface area contributed by atoms with Gasteiger partial charge in [-0.15, -0.1) is 0 Å². The third kappa shape index (κ3) is 2.32. The minimum atomic E-state index is 0.138. The normalized spacial score (nSPS) is 18.3. The first-order chi connectivity index (χ1) is 7.26. The van der Waals surface area contributed by atoms with Crippen molar-refractivity contribution in [3.8, 4) is 0 Å². The van der Waals surface area contributed by atoms with Gasteiger partial charge in [0.2, 0.25) is 0 Å². The summed E-state index contributed by atoms with van der Waals surface area (Å²) in [5.74, 6) is 0. The molecule has 0 amide bonds. The Bertz CT molecular complexity index is 339. The van der Waals surface area contributed by atoms with Crippen LogP contribution in [0.3, 0.4) is 0 Å². The lowest BCUT2D eigenvalue weighted by atomic mass is 9.77. The van der Waals surface area contributed by atoms with Crippen molar-refractivity contribution in [2.24, 2.45) is 0 Å². The number of nitrogens with one attached hydrogen (secondary N) is 1. The van der Waals surface area contributed by atoms with E-state index in [1.54, 1.807) is 13.3 Å². The van der Waals surface area contributed by atoms with Gasteiger partial charge in [-0.1, -0.05) is 0 Å². The number of rotatable bonds is 4. The highest BCUT2D eigenvalue weighted by Gasteiger charge is 2.37. The molecule has 15 heavy (non-hydrogen) atoms. The van der Waals surface area contributed by atoms with Gasteiger partial charge in [-0.05, 0) is 41.3 Å². The van der Waals surface area contributed by atoms with Crippen molar-refractivity contribution >= 4 is 21.6 Å². The van der Waals surface area contributed by atoms with E-state index in [9.17, 15) is 0 Å². The molecule has 0 spiro atoms. The molecule has 1 aromatic heterocycles. The Balaban J connectivity index is 2.10. The van der Waals surface area contributed by atoms with Crippen molar-refractivity contribution in [2.45, 2.75) is 24.8 Å². The molecule has 0 radical (unpaired) electrons. The standard InChI is InChI=1S/C11H15BrN2O/c1-15-8-11(4-2-5-11)14-10-3-6-13-7-9(10)12/h3,6-7H,2,4-5,8H2,1H3,(H,13,14). The van der Waals surface area contributed by atoms with Crippen molar-refractivity contribution in [3.05, 3.63) is 22.9 Å². The van der Waals surface area contributed by atoms with E-state index < -0.39 is 0 Å². The van der Waals surface area contributed by atoms with E-state index in [-0.39, 0.29) is 5.54 Å². The molecule has 0 aromatic carbocycles.